The topological polar surface area (TPSA) is 90.0 Å². The third-order valence-electron chi connectivity index (χ3n) is 4.49. The van der Waals surface area contributed by atoms with E-state index >= 15 is 0 Å². The highest BCUT2D eigenvalue weighted by atomic mass is 32.2. The Kier molecular flexibility index (Phi) is 5.24. The van der Waals surface area contributed by atoms with Crippen LogP contribution >= 0.6 is 0 Å². The number of piperidine rings is 2. The highest BCUT2D eigenvalue weighted by Crippen LogP contribution is 2.23. The van der Waals surface area contributed by atoms with E-state index in [9.17, 15) is 13.2 Å². The van der Waals surface area contributed by atoms with Crippen molar-refractivity contribution in [1.82, 2.24) is 14.1 Å². The van der Waals surface area contributed by atoms with Crippen LogP contribution in [0, 0.1) is 5.92 Å². The summed E-state index contributed by atoms with van der Waals surface area (Å²) in [6.07, 6.45) is 4.15. The van der Waals surface area contributed by atoms with Gasteiger partial charge in [-0.25, -0.2) is 5.01 Å². The van der Waals surface area contributed by atoms with Gasteiger partial charge in [-0.15, -0.1) is 4.83 Å². The first-order valence-electron chi connectivity index (χ1n) is 7.60. The van der Waals surface area contributed by atoms with Crippen molar-refractivity contribution in [3.8, 4) is 0 Å². The third kappa shape index (κ3) is 3.94. The molecule has 0 spiro atoms. The molecule has 0 saturated carbocycles. The lowest BCUT2D eigenvalue weighted by Crippen LogP contribution is -2.58. The SMILES string of the molecule is CC1CCCC(C)N1NS(=O)(=O)N1CCCC(C(=O)O)C1. The molecule has 0 aromatic carbocycles. The third-order valence-corrected chi connectivity index (χ3v) is 5.94. The molecule has 122 valence electrons. The van der Waals surface area contributed by atoms with E-state index in [0.29, 0.717) is 19.4 Å². The van der Waals surface area contributed by atoms with Gasteiger partial charge in [-0.3, -0.25) is 4.79 Å². The number of carbonyl (C=O) groups is 1. The minimum Gasteiger partial charge on any atom is -0.481 e. The second-order valence-corrected chi connectivity index (χ2v) is 7.82. The summed E-state index contributed by atoms with van der Waals surface area (Å²) in [4.78, 5) is 13.7. The quantitative estimate of drug-likeness (QED) is 0.800. The van der Waals surface area contributed by atoms with E-state index in [0.717, 1.165) is 19.3 Å². The van der Waals surface area contributed by atoms with Crippen molar-refractivity contribution in [3.05, 3.63) is 0 Å². The zero-order valence-corrected chi connectivity index (χ0v) is 13.5. The molecule has 2 N–H and O–H groups in total. The number of hydrazine groups is 1. The van der Waals surface area contributed by atoms with E-state index in [1.165, 1.54) is 4.31 Å². The van der Waals surface area contributed by atoms with Gasteiger partial charge in [-0.2, -0.15) is 12.7 Å². The van der Waals surface area contributed by atoms with Gasteiger partial charge in [0.15, 0.2) is 0 Å². The summed E-state index contributed by atoms with van der Waals surface area (Å²) >= 11 is 0. The lowest BCUT2D eigenvalue weighted by atomic mass is 10.0. The van der Waals surface area contributed by atoms with E-state index in [1.54, 1.807) is 5.01 Å². The van der Waals surface area contributed by atoms with E-state index in [-0.39, 0.29) is 18.6 Å². The fraction of sp³-hybridized carbons (Fsp3) is 0.923. The van der Waals surface area contributed by atoms with Gasteiger partial charge in [0.05, 0.1) is 5.92 Å². The van der Waals surface area contributed by atoms with Crippen LogP contribution in [0.4, 0.5) is 0 Å². The van der Waals surface area contributed by atoms with Crippen LogP contribution in [0.5, 0.6) is 0 Å². The molecular formula is C13H25N3O4S. The molecule has 2 aliphatic heterocycles. The van der Waals surface area contributed by atoms with Crippen LogP contribution < -0.4 is 4.83 Å². The molecule has 0 aliphatic carbocycles. The Morgan fingerprint density at radius 2 is 1.76 bits per heavy atom. The Morgan fingerprint density at radius 3 is 2.33 bits per heavy atom. The number of rotatable bonds is 4. The highest BCUT2D eigenvalue weighted by Gasteiger charge is 2.35. The van der Waals surface area contributed by atoms with E-state index in [2.05, 4.69) is 4.83 Å². The number of carboxylic acid groups (broad SMARTS) is 1. The van der Waals surface area contributed by atoms with Gasteiger partial charge in [0, 0.05) is 25.2 Å². The van der Waals surface area contributed by atoms with Crippen LogP contribution in [0.25, 0.3) is 0 Å². The lowest BCUT2D eigenvalue weighted by molar-refractivity contribution is -0.142. The summed E-state index contributed by atoms with van der Waals surface area (Å²) in [7, 11) is -3.67. The number of hydrogen-bond acceptors (Lipinski definition) is 4. The molecule has 2 saturated heterocycles. The Bertz CT molecular complexity index is 472. The second-order valence-electron chi connectivity index (χ2n) is 6.17. The predicted octanol–water partition coefficient (Wildman–Crippen LogP) is 0.795. The molecule has 0 radical (unpaired) electrons. The standard InChI is InChI=1S/C13H25N3O4S/c1-10-5-3-6-11(2)16(10)14-21(19,20)15-8-4-7-12(9-15)13(17)18/h10-12,14H,3-9H2,1-2H3,(H,17,18). The maximum absolute atomic E-state index is 12.5. The Labute approximate surface area is 126 Å². The summed E-state index contributed by atoms with van der Waals surface area (Å²) in [5.41, 5.74) is 0. The van der Waals surface area contributed by atoms with E-state index < -0.39 is 22.1 Å². The molecular weight excluding hydrogens is 294 g/mol. The number of nitrogens with one attached hydrogen (secondary N) is 1. The van der Waals surface area contributed by atoms with Crippen LogP contribution in [0.3, 0.4) is 0 Å². The van der Waals surface area contributed by atoms with Gasteiger partial charge in [-0.05, 0) is 39.5 Å². The first-order valence-corrected chi connectivity index (χ1v) is 9.04. The number of aliphatic carboxylic acids is 1. The molecule has 2 aliphatic rings. The van der Waals surface area contributed by atoms with Crippen LogP contribution in [0.15, 0.2) is 0 Å². The largest absolute Gasteiger partial charge is 0.481 e. The molecule has 0 aromatic heterocycles. The van der Waals surface area contributed by atoms with Crippen LogP contribution in [-0.2, 0) is 15.0 Å². The van der Waals surface area contributed by atoms with Crippen molar-refractivity contribution in [3.63, 3.8) is 0 Å². The number of carboxylic acids is 1. The maximum Gasteiger partial charge on any atom is 0.307 e. The average molecular weight is 319 g/mol. The van der Waals surface area contributed by atoms with E-state index in [1.807, 2.05) is 13.8 Å². The summed E-state index contributed by atoms with van der Waals surface area (Å²) in [6.45, 7) is 4.46. The molecule has 8 heteroatoms. The number of hydrogen-bond donors (Lipinski definition) is 2. The average Bonchev–Trinajstić information content (AvgIpc) is 2.43. The van der Waals surface area contributed by atoms with Gasteiger partial charge in [0.25, 0.3) is 10.2 Å². The predicted molar refractivity (Wildman–Crippen MR) is 78.6 cm³/mol. The zero-order chi connectivity index (χ0) is 15.6. The summed E-state index contributed by atoms with van der Waals surface area (Å²) in [6, 6.07) is 0.312. The lowest BCUT2D eigenvalue weighted by Gasteiger charge is -2.40. The molecule has 3 atom stereocenters. The molecule has 0 amide bonds. The minimum atomic E-state index is -3.67. The first kappa shape index (κ1) is 16.7. The monoisotopic (exact) mass is 319 g/mol. The van der Waals surface area contributed by atoms with Crippen LogP contribution in [-0.4, -0.2) is 54.0 Å². The zero-order valence-electron chi connectivity index (χ0n) is 12.7. The van der Waals surface area contributed by atoms with Crippen molar-refractivity contribution >= 4 is 16.2 Å². The van der Waals surface area contributed by atoms with Gasteiger partial charge >= 0.3 is 5.97 Å². The van der Waals surface area contributed by atoms with Gasteiger partial charge in [-0.1, -0.05) is 6.42 Å². The van der Waals surface area contributed by atoms with Gasteiger partial charge < -0.3 is 5.11 Å². The molecule has 7 nitrogen and oxygen atoms in total. The van der Waals surface area contributed by atoms with Crippen LogP contribution in [0.2, 0.25) is 0 Å². The fourth-order valence-electron chi connectivity index (χ4n) is 3.15. The van der Waals surface area contributed by atoms with Crippen molar-refractivity contribution in [2.45, 2.75) is 58.0 Å². The second kappa shape index (κ2) is 6.60. The summed E-state index contributed by atoms with van der Waals surface area (Å²) in [5.74, 6) is -1.53. The smallest absolute Gasteiger partial charge is 0.307 e. The molecule has 0 aromatic rings. The van der Waals surface area contributed by atoms with Crippen molar-refractivity contribution in [2.75, 3.05) is 13.1 Å². The maximum atomic E-state index is 12.5. The first-order chi connectivity index (χ1) is 9.81. The normalized spacial score (nSPS) is 33.0. The Hall–Kier alpha value is -0.700. The Morgan fingerprint density at radius 1 is 1.14 bits per heavy atom. The molecule has 2 fully saturated rings. The van der Waals surface area contributed by atoms with E-state index in [4.69, 9.17) is 5.11 Å². The molecule has 21 heavy (non-hydrogen) atoms. The van der Waals surface area contributed by atoms with Crippen LogP contribution in [0.1, 0.15) is 46.0 Å². The number of nitrogens with zero attached hydrogens (tertiary/aromatic N) is 2. The molecule has 0 bridgehead atoms. The van der Waals surface area contributed by atoms with Crippen molar-refractivity contribution in [2.24, 2.45) is 5.92 Å². The highest BCUT2D eigenvalue weighted by molar-refractivity contribution is 7.87. The Balaban J connectivity index is 2.05. The summed E-state index contributed by atoms with van der Waals surface area (Å²) < 4.78 is 26.3. The summed E-state index contributed by atoms with van der Waals surface area (Å²) in [5, 5.41) is 10.9. The fourth-order valence-corrected chi connectivity index (χ4v) is 4.64. The molecule has 2 rings (SSSR count). The molecule has 3 unspecified atom stereocenters. The minimum absolute atomic E-state index is 0.0568. The van der Waals surface area contributed by atoms with Gasteiger partial charge in [0.2, 0.25) is 0 Å². The molecule has 2 heterocycles. The van der Waals surface area contributed by atoms with Gasteiger partial charge in [0.1, 0.15) is 0 Å². The van der Waals surface area contributed by atoms with Crippen molar-refractivity contribution in [1.29, 1.82) is 0 Å². The van der Waals surface area contributed by atoms with Crippen molar-refractivity contribution < 1.29 is 18.3 Å².